The van der Waals surface area contributed by atoms with Crippen molar-refractivity contribution in [3.63, 3.8) is 0 Å². The normalized spacial score (nSPS) is 16.5. The Kier molecular flexibility index (Phi) is 4.58. The van der Waals surface area contributed by atoms with Crippen molar-refractivity contribution in [2.75, 3.05) is 6.54 Å². The predicted molar refractivity (Wildman–Crippen MR) is 97.5 cm³/mol. The first-order chi connectivity index (χ1) is 13.1. The number of ether oxygens (including phenoxy) is 1. The van der Waals surface area contributed by atoms with Crippen LogP contribution in [0.15, 0.2) is 47.1 Å². The maximum Gasteiger partial charge on any atom is 0.276 e. The lowest BCUT2D eigenvalue weighted by molar-refractivity contribution is 0.0723. The Morgan fingerprint density at radius 1 is 1.19 bits per heavy atom. The van der Waals surface area contributed by atoms with Crippen molar-refractivity contribution in [2.45, 2.75) is 32.7 Å². The Morgan fingerprint density at radius 3 is 2.74 bits per heavy atom. The van der Waals surface area contributed by atoms with Crippen molar-refractivity contribution >= 4 is 5.91 Å². The molecule has 1 aliphatic rings. The summed E-state index contributed by atoms with van der Waals surface area (Å²) in [4.78, 5) is 27.9. The van der Waals surface area contributed by atoms with Crippen molar-refractivity contribution in [1.29, 1.82) is 0 Å². The quantitative estimate of drug-likeness (QED) is 0.699. The topological polar surface area (TPSA) is 81.4 Å². The molecular weight excluding hydrogens is 344 g/mol. The van der Waals surface area contributed by atoms with E-state index in [-0.39, 0.29) is 11.9 Å². The molecule has 4 rings (SSSR count). The monoisotopic (exact) mass is 364 g/mol. The molecule has 1 saturated heterocycles. The Bertz CT molecular complexity index is 955. The van der Waals surface area contributed by atoms with Gasteiger partial charge in [0.2, 0.25) is 5.88 Å². The van der Waals surface area contributed by atoms with Crippen LogP contribution in [0, 0.1) is 13.8 Å². The number of hydrogen-bond donors (Lipinski definition) is 0. The van der Waals surface area contributed by atoms with Crippen molar-refractivity contribution in [2.24, 2.45) is 0 Å². The smallest absolute Gasteiger partial charge is 0.276 e. The van der Waals surface area contributed by atoms with Crippen LogP contribution in [0.3, 0.4) is 0 Å². The number of carbonyl (C=O) groups is 1. The van der Waals surface area contributed by atoms with Gasteiger partial charge in [-0.3, -0.25) is 4.79 Å². The van der Waals surface area contributed by atoms with Gasteiger partial charge >= 0.3 is 0 Å². The molecule has 0 spiro atoms. The van der Waals surface area contributed by atoms with E-state index in [1.54, 1.807) is 17.9 Å². The lowest BCUT2D eigenvalue weighted by atomic mass is 10.2. The molecular formula is C20H20N4O3. The number of likely N-dealkylation sites (tertiary alicyclic amines) is 1. The number of rotatable bonds is 4. The van der Waals surface area contributed by atoms with E-state index in [1.165, 1.54) is 6.26 Å². The van der Waals surface area contributed by atoms with Crippen molar-refractivity contribution in [3.8, 4) is 11.6 Å². The number of nitrogens with zero attached hydrogens (tertiary/aromatic N) is 4. The molecule has 1 fully saturated rings. The van der Waals surface area contributed by atoms with Crippen LogP contribution in [0.25, 0.3) is 0 Å². The maximum absolute atomic E-state index is 12.8. The van der Waals surface area contributed by atoms with Crippen molar-refractivity contribution in [1.82, 2.24) is 19.9 Å². The number of oxazole rings is 1. The molecule has 1 amide bonds. The molecule has 0 aliphatic carbocycles. The third kappa shape index (κ3) is 3.67. The van der Waals surface area contributed by atoms with Crippen LogP contribution in [-0.2, 0) is 0 Å². The molecule has 7 nitrogen and oxygen atoms in total. The van der Waals surface area contributed by atoms with E-state index in [4.69, 9.17) is 9.15 Å². The summed E-state index contributed by atoms with van der Waals surface area (Å²) < 4.78 is 11.0. The number of amides is 1. The molecule has 0 bridgehead atoms. The fourth-order valence-electron chi connectivity index (χ4n) is 3.26. The first-order valence-electron chi connectivity index (χ1n) is 8.92. The van der Waals surface area contributed by atoms with Gasteiger partial charge in [0.05, 0.1) is 6.04 Å². The summed E-state index contributed by atoms with van der Waals surface area (Å²) in [5, 5.41) is 0. The number of carbonyl (C=O) groups excluding carboxylic acids is 1. The van der Waals surface area contributed by atoms with Crippen LogP contribution in [0.5, 0.6) is 11.6 Å². The van der Waals surface area contributed by atoms with Gasteiger partial charge in [0.1, 0.15) is 12.0 Å². The summed E-state index contributed by atoms with van der Waals surface area (Å²) in [7, 11) is 0. The first kappa shape index (κ1) is 17.2. The Morgan fingerprint density at radius 2 is 2.00 bits per heavy atom. The van der Waals surface area contributed by atoms with Crippen molar-refractivity contribution < 1.29 is 13.9 Å². The summed E-state index contributed by atoms with van der Waals surface area (Å²) in [6, 6.07) is 11.1. The molecule has 27 heavy (non-hydrogen) atoms. The highest BCUT2D eigenvalue weighted by Crippen LogP contribution is 2.32. The third-order valence-electron chi connectivity index (χ3n) is 4.46. The molecule has 0 saturated carbocycles. The molecule has 1 aliphatic heterocycles. The summed E-state index contributed by atoms with van der Waals surface area (Å²) in [5.41, 5.74) is 1.11. The molecule has 138 valence electrons. The minimum atomic E-state index is -0.201. The molecule has 2 aromatic heterocycles. The van der Waals surface area contributed by atoms with E-state index in [9.17, 15) is 4.79 Å². The second-order valence-corrected chi connectivity index (χ2v) is 6.53. The second-order valence-electron chi connectivity index (χ2n) is 6.53. The van der Waals surface area contributed by atoms with E-state index in [0.717, 1.165) is 18.5 Å². The highest BCUT2D eigenvalue weighted by Gasteiger charge is 2.34. The molecule has 0 unspecified atom stereocenters. The number of para-hydroxylation sites is 1. The van der Waals surface area contributed by atoms with Crippen LogP contribution in [0.4, 0.5) is 0 Å². The van der Waals surface area contributed by atoms with E-state index >= 15 is 0 Å². The van der Waals surface area contributed by atoms with E-state index in [0.29, 0.717) is 35.6 Å². The number of aryl methyl sites for hydroxylation is 2. The van der Waals surface area contributed by atoms with Crippen LogP contribution in [-0.4, -0.2) is 32.3 Å². The minimum Gasteiger partial charge on any atom is -0.448 e. The Labute approximate surface area is 157 Å². The van der Waals surface area contributed by atoms with Gasteiger partial charge in [0.25, 0.3) is 5.91 Å². The van der Waals surface area contributed by atoms with E-state index in [2.05, 4.69) is 15.0 Å². The van der Waals surface area contributed by atoms with Crippen LogP contribution >= 0.6 is 0 Å². The van der Waals surface area contributed by atoms with Gasteiger partial charge in [-0.2, -0.15) is 4.98 Å². The third-order valence-corrected chi connectivity index (χ3v) is 4.46. The number of benzene rings is 1. The number of hydrogen-bond acceptors (Lipinski definition) is 6. The zero-order valence-electron chi connectivity index (χ0n) is 15.3. The highest BCUT2D eigenvalue weighted by molar-refractivity contribution is 5.92. The van der Waals surface area contributed by atoms with Gasteiger partial charge in [-0.05, 0) is 31.9 Å². The Hall–Kier alpha value is -3.22. The zero-order valence-corrected chi connectivity index (χ0v) is 15.3. The standard InChI is InChI=1S/C20H20N4O3/c1-13-11-18(27-15-7-4-3-5-8-15)23-19(21-13)17-9-6-10-24(17)20(25)16-12-26-14(2)22-16/h3-5,7-8,11-12,17H,6,9-10H2,1-2H3/t17-/m0/s1. The maximum atomic E-state index is 12.8. The molecule has 1 atom stereocenters. The van der Waals surface area contributed by atoms with Gasteiger partial charge in [0, 0.05) is 25.2 Å². The van der Waals surface area contributed by atoms with E-state index in [1.807, 2.05) is 37.3 Å². The lowest BCUT2D eigenvalue weighted by Gasteiger charge is -2.23. The van der Waals surface area contributed by atoms with Gasteiger partial charge in [-0.1, -0.05) is 18.2 Å². The number of aromatic nitrogens is 3. The van der Waals surface area contributed by atoms with Gasteiger partial charge in [0.15, 0.2) is 17.4 Å². The molecule has 1 aromatic carbocycles. The SMILES string of the molecule is Cc1cc(Oc2ccccc2)nc([C@@H]2CCCN2C(=O)c2coc(C)n2)n1. The summed E-state index contributed by atoms with van der Waals surface area (Å²) in [6.07, 6.45) is 3.09. The summed E-state index contributed by atoms with van der Waals surface area (Å²) in [6.45, 7) is 4.25. The average Bonchev–Trinajstić information content (AvgIpc) is 3.30. The first-order valence-corrected chi connectivity index (χ1v) is 8.92. The minimum absolute atomic E-state index is 0.162. The predicted octanol–water partition coefficient (Wildman–Crippen LogP) is 3.85. The largest absolute Gasteiger partial charge is 0.448 e. The fourth-order valence-corrected chi connectivity index (χ4v) is 3.26. The van der Waals surface area contributed by atoms with Crippen molar-refractivity contribution in [3.05, 3.63) is 65.8 Å². The summed E-state index contributed by atoms with van der Waals surface area (Å²) in [5.74, 6) is 2.08. The molecule has 3 aromatic rings. The van der Waals surface area contributed by atoms with Gasteiger partial charge < -0.3 is 14.1 Å². The molecule has 0 radical (unpaired) electrons. The molecule has 0 N–H and O–H groups in total. The molecule has 3 heterocycles. The van der Waals surface area contributed by atoms with Crippen LogP contribution in [0.2, 0.25) is 0 Å². The van der Waals surface area contributed by atoms with Gasteiger partial charge in [-0.25, -0.2) is 9.97 Å². The second kappa shape index (κ2) is 7.19. The lowest BCUT2D eigenvalue weighted by Crippen LogP contribution is -2.31. The Balaban J connectivity index is 1.60. The average molecular weight is 364 g/mol. The van der Waals surface area contributed by atoms with Crippen LogP contribution < -0.4 is 4.74 Å². The summed E-state index contributed by atoms with van der Waals surface area (Å²) >= 11 is 0. The fraction of sp³-hybridized carbons (Fsp3) is 0.300. The highest BCUT2D eigenvalue weighted by atomic mass is 16.5. The van der Waals surface area contributed by atoms with Gasteiger partial charge in [-0.15, -0.1) is 0 Å². The van der Waals surface area contributed by atoms with Crippen LogP contribution in [0.1, 0.15) is 46.8 Å². The van der Waals surface area contributed by atoms with E-state index < -0.39 is 0 Å². The zero-order chi connectivity index (χ0) is 18.8. The molecule has 7 heteroatoms.